The number of fused-ring (bicyclic) bond motifs is 7. The van der Waals surface area contributed by atoms with Crippen molar-refractivity contribution in [3.8, 4) is 0 Å². The Morgan fingerprint density at radius 3 is 2.13 bits per heavy atom. The van der Waals surface area contributed by atoms with Crippen molar-refractivity contribution in [2.75, 3.05) is 0 Å². The van der Waals surface area contributed by atoms with Crippen molar-refractivity contribution >= 4 is 23.8 Å². The Morgan fingerprint density at radius 1 is 0.894 bits per heavy atom. The van der Waals surface area contributed by atoms with Gasteiger partial charge in [0, 0.05) is 11.8 Å². The van der Waals surface area contributed by atoms with E-state index in [4.69, 9.17) is 9.47 Å². The van der Waals surface area contributed by atoms with Gasteiger partial charge in [-0.2, -0.15) is 0 Å². The quantitative estimate of drug-likeness (QED) is 0.277. The van der Waals surface area contributed by atoms with Gasteiger partial charge in [0.2, 0.25) is 0 Å². The summed E-state index contributed by atoms with van der Waals surface area (Å²) < 4.78 is 11.8. The van der Waals surface area contributed by atoms with Crippen molar-refractivity contribution in [1.82, 2.24) is 5.32 Å². The topological polar surface area (TPSA) is 119 Å². The van der Waals surface area contributed by atoms with Crippen LogP contribution in [0.15, 0.2) is 11.1 Å². The fourth-order valence-electron chi connectivity index (χ4n) is 11.8. The lowest BCUT2D eigenvalue weighted by molar-refractivity contribution is -0.213. The van der Waals surface area contributed by atoms with Crippen LogP contribution in [0.1, 0.15) is 140 Å². The summed E-state index contributed by atoms with van der Waals surface area (Å²) >= 11 is 0. The minimum absolute atomic E-state index is 0.0781. The van der Waals surface area contributed by atoms with E-state index in [-0.39, 0.29) is 46.4 Å². The summed E-state index contributed by atoms with van der Waals surface area (Å²) in [5.74, 6) is 0.415. The minimum Gasteiger partial charge on any atom is -0.481 e. The van der Waals surface area contributed by atoms with Crippen molar-refractivity contribution in [2.24, 2.45) is 51.2 Å². The molecule has 8 heteroatoms. The summed E-state index contributed by atoms with van der Waals surface area (Å²) in [5, 5.41) is 12.8. The predicted octanol–water partition coefficient (Wildman–Crippen LogP) is 8.27. The van der Waals surface area contributed by atoms with E-state index in [0.29, 0.717) is 24.2 Å². The van der Waals surface area contributed by atoms with Crippen molar-refractivity contribution in [1.29, 1.82) is 0 Å². The molecule has 0 heterocycles. The van der Waals surface area contributed by atoms with Crippen LogP contribution in [-0.2, 0) is 23.9 Å². The van der Waals surface area contributed by atoms with Gasteiger partial charge in [-0.3, -0.25) is 14.4 Å². The monoisotopic (exact) mass is 655 g/mol. The number of hydrogen-bond acceptors (Lipinski definition) is 6. The van der Waals surface area contributed by atoms with E-state index in [1.54, 1.807) is 13.8 Å². The molecule has 8 atom stereocenters. The average Bonchev–Trinajstić information content (AvgIpc) is 3.20. The molecule has 0 bridgehead atoms. The molecule has 0 aromatic heterocycles. The Kier molecular flexibility index (Phi) is 8.87. The SMILES string of the molecule is CC(C)C1=C2[C@H]3CCC4[C@@](C)(CCC5C(C)(C)[C@@H](OC(=O)CC(C)(C)C(=O)O)CC[C@@]54C)C3CC[C@@]2(NC(=O)OC(C)(C)C)CC1=O. The van der Waals surface area contributed by atoms with Crippen molar-refractivity contribution in [3.05, 3.63) is 11.1 Å². The van der Waals surface area contributed by atoms with Gasteiger partial charge in [-0.15, -0.1) is 0 Å². The molecular formula is C39H61NO7. The number of nitrogens with one attached hydrogen (secondary N) is 1. The number of ether oxygens (including phenoxy) is 2. The van der Waals surface area contributed by atoms with Gasteiger partial charge in [0.15, 0.2) is 5.78 Å². The normalized spacial score (nSPS) is 38.1. The number of allylic oxidation sites excluding steroid dienone is 1. The zero-order chi connectivity index (χ0) is 35.1. The van der Waals surface area contributed by atoms with E-state index < -0.39 is 34.6 Å². The molecule has 5 aliphatic rings. The third-order valence-corrected chi connectivity index (χ3v) is 13.7. The molecule has 3 unspecified atom stereocenters. The Bertz CT molecular complexity index is 1350. The molecule has 8 nitrogen and oxygen atoms in total. The molecule has 0 spiro atoms. The molecule has 0 aromatic carbocycles. The lowest BCUT2D eigenvalue weighted by atomic mass is 9.37. The number of alkyl carbamates (subject to hydrolysis) is 1. The molecule has 4 fully saturated rings. The van der Waals surface area contributed by atoms with Crippen LogP contribution in [-0.4, -0.2) is 46.2 Å². The second-order valence-corrected chi connectivity index (χ2v) is 19.0. The molecule has 47 heavy (non-hydrogen) atoms. The maximum absolute atomic E-state index is 13.7. The van der Waals surface area contributed by atoms with Crippen molar-refractivity contribution in [3.63, 3.8) is 0 Å². The number of esters is 1. The predicted molar refractivity (Wildman–Crippen MR) is 180 cm³/mol. The fourth-order valence-corrected chi connectivity index (χ4v) is 11.8. The largest absolute Gasteiger partial charge is 0.481 e. The number of hydrogen-bond donors (Lipinski definition) is 2. The molecule has 0 saturated heterocycles. The lowest BCUT2D eigenvalue weighted by Crippen LogP contribution is -2.64. The second kappa shape index (κ2) is 11.6. The second-order valence-electron chi connectivity index (χ2n) is 19.0. The average molecular weight is 656 g/mol. The standard InChI is InChI=1S/C39H61NO7/c1-22(2)30-25(41)20-39(40-33(45)47-34(3,4)5)19-14-24-23(31(30)39)12-13-27-37(24,10)17-15-26-36(8,9)28(16-18-38(26,27)11)46-29(42)21-35(6,7)32(43)44/h22-24,26-28H,12-21H2,1-11H3,(H,40,45)(H,43,44)/t23-,24?,26?,27?,28-,37-,38-,39+/m0/s1. The Hall–Kier alpha value is -2.38. The number of Topliss-reactive ketones (excluding diaryl/α,β-unsaturated/α-hetero) is 1. The number of ketones is 1. The number of carboxylic acids is 1. The van der Waals surface area contributed by atoms with Crippen LogP contribution in [0.3, 0.4) is 0 Å². The molecule has 5 rings (SSSR count). The zero-order valence-corrected chi connectivity index (χ0v) is 30.9. The summed E-state index contributed by atoms with van der Waals surface area (Å²) in [7, 11) is 0. The number of aliphatic carboxylic acids is 1. The van der Waals surface area contributed by atoms with E-state index in [2.05, 4.69) is 46.9 Å². The Balaban J connectivity index is 1.41. The highest BCUT2D eigenvalue weighted by Gasteiger charge is 2.67. The smallest absolute Gasteiger partial charge is 0.408 e. The molecule has 1 amide bonds. The van der Waals surface area contributed by atoms with Crippen LogP contribution in [0.5, 0.6) is 0 Å². The maximum atomic E-state index is 13.7. The van der Waals surface area contributed by atoms with Crippen LogP contribution in [0.2, 0.25) is 0 Å². The number of carbonyl (C=O) groups excluding carboxylic acids is 3. The summed E-state index contributed by atoms with van der Waals surface area (Å²) in [6.45, 7) is 22.5. The first kappa shape index (κ1) is 35.9. The first-order valence-electron chi connectivity index (χ1n) is 18.2. The van der Waals surface area contributed by atoms with E-state index in [0.717, 1.165) is 56.9 Å². The molecule has 4 saturated carbocycles. The Morgan fingerprint density at radius 2 is 1.53 bits per heavy atom. The molecular weight excluding hydrogens is 594 g/mol. The summed E-state index contributed by atoms with van der Waals surface area (Å²) in [5.41, 5.74) is -0.371. The number of carbonyl (C=O) groups is 4. The molecule has 0 aromatic rings. The van der Waals surface area contributed by atoms with Gasteiger partial charge in [-0.1, -0.05) is 41.5 Å². The van der Waals surface area contributed by atoms with Gasteiger partial charge in [0.25, 0.3) is 0 Å². The van der Waals surface area contributed by atoms with Crippen molar-refractivity contribution in [2.45, 2.75) is 158 Å². The summed E-state index contributed by atoms with van der Waals surface area (Å²) in [4.78, 5) is 51.6. The van der Waals surface area contributed by atoms with Crippen LogP contribution >= 0.6 is 0 Å². The molecule has 0 radical (unpaired) electrons. The number of rotatable bonds is 6. The lowest BCUT2D eigenvalue weighted by Gasteiger charge is -2.68. The number of amides is 1. The highest BCUT2D eigenvalue weighted by atomic mass is 16.6. The van der Waals surface area contributed by atoms with E-state index >= 15 is 0 Å². The Labute approximate surface area is 282 Å². The van der Waals surface area contributed by atoms with Crippen LogP contribution in [0, 0.1) is 51.2 Å². The highest BCUT2D eigenvalue weighted by molar-refractivity contribution is 6.02. The van der Waals surface area contributed by atoms with Gasteiger partial charge in [0.05, 0.1) is 17.4 Å². The molecule has 0 aliphatic heterocycles. The summed E-state index contributed by atoms with van der Waals surface area (Å²) in [6, 6.07) is 0. The van der Waals surface area contributed by atoms with Gasteiger partial charge in [0.1, 0.15) is 11.7 Å². The van der Waals surface area contributed by atoms with Crippen LogP contribution in [0.25, 0.3) is 0 Å². The van der Waals surface area contributed by atoms with Gasteiger partial charge in [-0.05, 0) is 138 Å². The maximum Gasteiger partial charge on any atom is 0.408 e. The van der Waals surface area contributed by atoms with E-state index in [1.807, 2.05) is 20.8 Å². The van der Waals surface area contributed by atoms with Gasteiger partial charge in [-0.25, -0.2) is 4.79 Å². The molecule has 5 aliphatic carbocycles. The first-order chi connectivity index (χ1) is 21.5. The first-order valence-corrected chi connectivity index (χ1v) is 18.2. The van der Waals surface area contributed by atoms with Crippen LogP contribution < -0.4 is 5.32 Å². The van der Waals surface area contributed by atoms with Gasteiger partial charge < -0.3 is 19.9 Å². The molecule has 2 N–H and O–H groups in total. The van der Waals surface area contributed by atoms with Crippen molar-refractivity contribution < 1.29 is 33.8 Å². The third-order valence-electron chi connectivity index (χ3n) is 13.7. The zero-order valence-electron chi connectivity index (χ0n) is 30.9. The summed E-state index contributed by atoms with van der Waals surface area (Å²) in [6.07, 6.45) is 7.20. The third kappa shape index (κ3) is 5.96. The fraction of sp³-hybridized carbons (Fsp3) is 0.846. The highest BCUT2D eigenvalue weighted by Crippen LogP contribution is 2.72. The van der Waals surface area contributed by atoms with E-state index in [9.17, 15) is 24.3 Å². The van der Waals surface area contributed by atoms with E-state index in [1.165, 1.54) is 5.57 Å². The van der Waals surface area contributed by atoms with Crippen LogP contribution in [0.4, 0.5) is 4.79 Å². The molecule has 264 valence electrons. The number of carboxylic acid groups (broad SMARTS) is 1. The minimum atomic E-state index is -1.16. The van der Waals surface area contributed by atoms with Gasteiger partial charge >= 0.3 is 18.0 Å².